The van der Waals surface area contributed by atoms with Crippen LogP contribution in [0.25, 0.3) is 11.0 Å². The molecule has 0 unspecified atom stereocenters. The van der Waals surface area contributed by atoms with Crippen molar-refractivity contribution in [1.82, 2.24) is 9.55 Å². The topological polar surface area (TPSA) is 43.8 Å². The number of thioether (sulfide) groups is 1. The Kier molecular flexibility index (Phi) is 3.91. The van der Waals surface area contributed by atoms with Gasteiger partial charge in [0.1, 0.15) is 5.82 Å². The predicted octanol–water partition coefficient (Wildman–Crippen LogP) is 4.42. The highest BCUT2D eigenvalue weighted by Gasteiger charge is 2.34. The minimum absolute atomic E-state index is 0.388. The predicted molar refractivity (Wildman–Crippen MR) is 92.9 cm³/mol. The Morgan fingerprint density at radius 3 is 2.67 bits per heavy atom. The van der Waals surface area contributed by atoms with Crippen molar-refractivity contribution in [2.45, 2.75) is 56.7 Å². The minimum Gasteiger partial charge on any atom is -0.399 e. The van der Waals surface area contributed by atoms with Crippen LogP contribution in [0.2, 0.25) is 0 Å². The number of imidazole rings is 1. The number of aromatic nitrogens is 2. The third-order valence-corrected chi connectivity index (χ3v) is 6.12. The fourth-order valence-corrected chi connectivity index (χ4v) is 4.46. The number of hydrogen-bond donors (Lipinski definition) is 1. The van der Waals surface area contributed by atoms with Crippen LogP contribution in [-0.2, 0) is 6.54 Å². The summed E-state index contributed by atoms with van der Waals surface area (Å²) in [5.41, 5.74) is 8.98. The summed E-state index contributed by atoms with van der Waals surface area (Å²) in [6.45, 7) is 5.52. The average molecular weight is 303 g/mol. The normalized spacial score (nSPS) is 17.9. The lowest BCUT2D eigenvalue weighted by molar-refractivity contribution is 0.493. The lowest BCUT2D eigenvalue weighted by Crippen LogP contribution is -2.28. The first kappa shape index (κ1) is 14.8. The molecule has 1 aromatic heterocycles. The number of nitrogens with two attached hydrogens (primary N) is 1. The third-order valence-electron chi connectivity index (χ3n) is 4.71. The first-order valence-electron chi connectivity index (χ1n) is 7.85. The van der Waals surface area contributed by atoms with E-state index < -0.39 is 0 Å². The van der Waals surface area contributed by atoms with Gasteiger partial charge < -0.3 is 10.3 Å². The molecule has 0 atom stereocenters. The second-order valence-corrected chi connectivity index (χ2v) is 7.83. The van der Waals surface area contributed by atoms with E-state index in [1.807, 2.05) is 23.9 Å². The standard InChI is InChI=1S/C17H25N3S/c1-12(2)16-19-14-10-13(18)6-7-15(14)20(16)11-17(21-3)8-4-5-9-17/h6-7,10,12H,4-5,8-9,11,18H2,1-3H3. The molecule has 114 valence electrons. The van der Waals surface area contributed by atoms with Gasteiger partial charge in [-0.2, -0.15) is 11.8 Å². The molecular formula is C17H25N3S. The summed E-state index contributed by atoms with van der Waals surface area (Å²) < 4.78 is 2.83. The highest BCUT2D eigenvalue weighted by molar-refractivity contribution is 8.00. The number of nitrogen functional groups attached to an aromatic ring is 1. The van der Waals surface area contributed by atoms with Crippen LogP contribution in [0.5, 0.6) is 0 Å². The minimum atomic E-state index is 0.388. The quantitative estimate of drug-likeness (QED) is 0.850. The molecule has 2 N–H and O–H groups in total. The fraction of sp³-hybridized carbons (Fsp3) is 0.588. The molecule has 1 heterocycles. The Labute approximate surface area is 131 Å². The van der Waals surface area contributed by atoms with Gasteiger partial charge in [-0.1, -0.05) is 26.7 Å². The van der Waals surface area contributed by atoms with E-state index in [4.69, 9.17) is 10.7 Å². The van der Waals surface area contributed by atoms with E-state index in [0.717, 1.165) is 17.7 Å². The number of nitrogens with zero attached hydrogens (tertiary/aromatic N) is 2. The Morgan fingerprint density at radius 1 is 1.33 bits per heavy atom. The molecule has 2 aromatic rings. The Morgan fingerprint density at radius 2 is 2.05 bits per heavy atom. The van der Waals surface area contributed by atoms with Crippen molar-refractivity contribution < 1.29 is 0 Å². The van der Waals surface area contributed by atoms with E-state index in [9.17, 15) is 0 Å². The molecule has 21 heavy (non-hydrogen) atoms. The summed E-state index contributed by atoms with van der Waals surface area (Å²) in [4.78, 5) is 4.85. The lowest BCUT2D eigenvalue weighted by Gasteiger charge is -2.29. The monoisotopic (exact) mass is 303 g/mol. The van der Waals surface area contributed by atoms with Crippen molar-refractivity contribution in [2.75, 3.05) is 12.0 Å². The number of rotatable bonds is 4. The average Bonchev–Trinajstić information content (AvgIpc) is 3.05. The van der Waals surface area contributed by atoms with Crippen LogP contribution in [-0.4, -0.2) is 20.6 Å². The molecule has 1 aromatic carbocycles. The molecule has 0 saturated heterocycles. The van der Waals surface area contributed by atoms with Gasteiger partial charge in [-0.3, -0.25) is 0 Å². The number of anilines is 1. The van der Waals surface area contributed by atoms with E-state index in [-0.39, 0.29) is 0 Å². The molecule has 0 bridgehead atoms. The Hall–Kier alpha value is -1.16. The zero-order valence-electron chi connectivity index (χ0n) is 13.2. The molecule has 1 aliphatic carbocycles. The molecule has 3 nitrogen and oxygen atoms in total. The molecule has 0 amide bonds. The molecular weight excluding hydrogens is 278 g/mol. The van der Waals surface area contributed by atoms with Crippen LogP contribution in [0.4, 0.5) is 5.69 Å². The molecule has 0 aliphatic heterocycles. The lowest BCUT2D eigenvalue weighted by atomic mass is 10.1. The maximum absolute atomic E-state index is 5.92. The van der Waals surface area contributed by atoms with Gasteiger partial charge in [0, 0.05) is 22.9 Å². The number of benzene rings is 1. The highest BCUT2D eigenvalue weighted by Crippen LogP contribution is 2.42. The molecule has 1 saturated carbocycles. The summed E-state index contributed by atoms with van der Waals surface area (Å²) in [6.07, 6.45) is 7.62. The summed E-state index contributed by atoms with van der Waals surface area (Å²) in [6, 6.07) is 6.12. The van der Waals surface area contributed by atoms with Crippen LogP contribution < -0.4 is 5.73 Å². The van der Waals surface area contributed by atoms with Gasteiger partial charge in [-0.15, -0.1) is 0 Å². The molecule has 1 aliphatic rings. The number of fused-ring (bicyclic) bond motifs is 1. The van der Waals surface area contributed by atoms with Crippen LogP contribution in [0.1, 0.15) is 51.3 Å². The van der Waals surface area contributed by atoms with Crippen LogP contribution >= 0.6 is 11.8 Å². The van der Waals surface area contributed by atoms with Crippen molar-refractivity contribution >= 4 is 28.5 Å². The van der Waals surface area contributed by atoms with Gasteiger partial charge in [0.2, 0.25) is 0 Å². The van der Waals surface area contributed by atoms with Gasteiger partial charge in [0.15, 0.2) is 0 Å². The molecule has 0 radical (unpaired) electrons. The molecule has 0 spiro atoms. The second-order valence-electron chi connectivity index (χ2n) is 6.55. The summed E-state index contributed by atoms with van der Waals surface area (Å²) in [5, 5.41) is 0. The van der Waals surface area contributed by atoms with Gasteiger partial charge >= 0.3 is 0 Å². The molecule has 3 rings (SSSR count). The summed E-state index contributed by atoms with van der Waals surface area (Å²) in [7, 11) is 0. The molecule has 4 heteroatoms. The van der Waals surface area contributed by atoms with Crippen LogP contribution in [0.3, 0.4) is 0 Å². The Balaban J connectivity index is 2.09. The van der Waals surface area contributed by atoms with E-state index in [0.29, 0.717) is 10.7 Å². The fourth-order valence-electron chi connectivity index (χ4n) is 3.51. The molecule has 1 fully saturated rings. The zero-order valence-corrected chi connectivity index (χ0v) is 14.0. The van der Waals surface area contributed by atoms with E-state index in [2.05, 4.69) is 30.7 Å². The SMILES string of the molecule is CSC1(Cn2c(C(C)C)nc3cc(N)ccc32)CCCC1. The maximum Gasteiger partial charge on any atom is 0.112 e. The highest BCUT2D eigenvalue weighted by atomic mass is 32.2. The van der Waals surface area contributed by atoms with Gasteiger partial charge in [0.05, 0.1) is 11.0 Å². The largest absolute Gasteiger partial charge is 0.399 e. The van der Waals surface area contributed by atoms with Gasteiger partial charge in [-0.05, 0) is 37.3 Å². The maximum atomic E-state index is 5.92. The van der Waals surface area contributed by atoms with E-state index >= 15 is 0 Å². The van der Waals surface area contributed by atoms with E-state index in [1.165, 1.54) is 37.0 Å². The first-order chi connectivity index (χ1) is 10.0. The van der Waals surface area contributed by atoms with Crippen molar-refractivity contribution in [1.29, 1.82) is 0 Å². The van der Waals surface area contributed by atoms with Crippen molar-refractivity contribution in [3.05, 3.63) is 24.0 Å². The van der Waals surface area contributed by atoms with Crippen molar-refractivity contribution in [3.63, 3.8) is 0 Å². The number of hydrogen-bond acceptors (Lipinski definition) is 3. The smallest absolute Gasteiger partial charge is 0.112 e. The third kappa shape index (κ3) is 2.66. The van der Waals surface area contributed by atoms with Crippen molar-refractivity contribution in [2.24, 2.45) is 0 Å². The van der Waals surface area contributed by atoms with Gasteiger partial charge in [-0.25, -0.2) is 4.98 Å². The first-order valence-corrected chi connectivity index (χ1v) is 9.08. The Bertz CT molecular complexity index is 639. The zero-order chi connectivity index (χ0) is 15.0. The van der Waals surface area contributed by atoms with Crippen molar-refractivity contribution in [3.8, 4) is 0 Å². The van der Waals surface area contributed by atoms with Crippen LogP contribution in [0.15, 0.2) is 18.2 Å². The van der Waals surface area contributed by atoms with Gasteiger partial charge in [0.25, 0.3) is 0 Å². The second kappa shape index (κ2) is 5.56. The van der Waals surface area contributed by atoms with E-state index in [1.54, 1.807) is 0 Å². The summed E-state index contributed by atoms with van der Waals surface area (Å²) >= 11 is 2.04. The summed E-state index contributed by atoms with van der Waals surface area (Å²) in [5.74, 6) is 1.62. The van der Waals surface area contributed by atoms with Crippen LogP contribution in [0, 0.1) is 0 Å².